The van der Waals surface area contributed by atoms with Crippen LogP contribution in [-0.2, 0) is 0 Å². The van der Waals surface area contributed by atoms with Crippen LogP contribution in [0.15, 0.2) is 24.3 Å². The maximum absolute atomic E-state index is 13.8. The summed E-state index contributed by atoms with van der Waals surface area (Å²) in [6, 6.07) is 7.17. The summed E-state index contributed by atoms with van der Waals surface area (Å²) < 4.78 is 13.8. The minimum absolute atomic E-state index is 0.192. The molecule has 1 fully saturated rings. The minimum Gasteiger partial charge on any atom is -0.324 e. The SMILES string of the molecule is CC(CN1CCSC(C)C1C)C(N)c1ccccc1F. The van der Waals surface area contributed by atoms with E-state index in [9.17, 15) is 4.39 Å². The summed E-state index contributed by atoms with van der Waals surface area (Å²) in [6.07, 6.45) is 0. The fourth-order valence-corrected chi connectivity index (χ4v) is 3.95. The summed E-state index contributed by atoms with van der Waals surface area (Å²) in [5.74, 6) is 1.22. The molecule has 1 aromatic rings. The molecule has 0 radical (unpaired) electrons. The molecule has 1 saturated heterocycles. The van der Waals surface area contributed by atoms with E-state index >= 15 is 0 Å². The van der Waals surface area contributed by atoms with Crippen molar-refractivity contribution < 1.29 is 4.39 Å². The van der Waals surface area contributed by atoms with Crippen LogP contribution >= 0.6 is 11.8 Å². The normalized spacial score (nSPS) is 27.2. The topological polar surface area (TPSA) is 29.3 Å². The first-order chi connectivity index (χ1) is 9.50. The van der Waals surface area contributed by atoms with Crippen LogP contribution in [0.2, 0.25) is 0 Å². The largest absolute Gasteiger partial charge is 0.324 e. The van der Waals surface area contributed by atoms with Gasteiger partial charge in [-0.1, -0.05) is 32.0 Å². The first-order valence-corrected chi connectivity index (χ1v) is 8.41. The summed E-state index contributed by atoms with van der Waals surface area (Å²) in [4.78, 5) is 2.49. The lowest BCUT2D eigenvalue weighted by Gasteiger charge is -2.39. The molecule has 0 spiro atoms. The lowest BCUT2D eigenvalue weighted by Crippen LogP contribution is -2.47. The van der Waals surface area contributed by atoms with Crippen molar-refractivity contribution in [2.45, 2.75) is 38.1 Å². The Kier molecular flexibility index (Phi) is 5.47. The molecule has 20 heavy (non-hydrogen) atoms. The third-order valence-corrected chi connectivity index (χ3v) is 5.75. The van der Waals surface area contributed by atoms with Crippen LogP contribution in [0.1, 0.15) is 32.4 Å². The van der Waals surface area contributed by atoms with E-state index in [2.05, 4.69) is 25.7 Å². The van der Waals surface area contributed by atoms with Crippen molar-refractivity contribution in [1.29, 1.82) is 0 Å². The van der Waals surface area contributed by atoms with Gasteiger partial charge in [0.05, 0.1) is 0 Å². The molecule has 1 aliphatic rings. The Morgan fingerprint density at radius 3 is 2.80 bits per heavy atom. The Hall–Kier alpha value is -0.580. The Labute approximate surface area is 125 Å². The number of hydrogen-bond donors (Lipinski definition) is 1. The zero-order chi connectivity index (χ0) is 14.7. The number of benzene rings is 1. The highest BCUT2D eigenvalue weighted by molar-refractivity contribution is 8.00. The highest BCUT2D eigenvalue weighted by Crippen LogP contribution is 2.28. The zero-order valence-corrected chi connectivity index (χ0v) is 13.4. The van der Waals surface area contributed by atoms with Crippen LogP contribution in [0.3, 0.4) is 0 Å². The Morgan fingerprint density at radius 1 is 1.40 bits per heavy atom. The van der Waals surface area contributed by atoms with Crippen LogP contribution in [0.4, 0.5) is 4.39 Å². The minimum atomic E-state index is -0.242. The number of hydrogen-bond acceptors (Lipinski definition) is 3. The number of thioether (sulfide) groups is 1. The van der Waals surface area contributed by atoms with Crippen LogP contribution in [0, 0.1) is 11.7 Å². The molecular weight excluding hydrogens is 271 g/mol. The molecule has 4 atom stereocenters. The van der Waals surface area contributed by atoms with Gasteiger partial charge in [0.15, 0.2) is 0 Å². The third kappa shape index (κ3) is 3.54. The van der Waals surface area contributed by atoms with Gasteiger partial charge in [-0.15, -0.1) is 0 Å². The van der Waals surface area contributed by atoms with Crippen molar-refractivity contribution in [2.75, 3.05) is 18.8 Å². The lowest BCUT2D eigenvalue weighted by molar-refractivity contribution is 0.174. The van der Waals surface area contributed by atoms with Crippen LogP contribution < -0.4 is 5.73 Å². The maximum atomic E-state index is 13.8. The van der Waals surface area contributed by atoms with E-state index in [4.69, 9.17) is 5.73 Å². The molecule has 0 saturated carbocycles. The predicted molar refractivity (Wildman–Crippen MR) is 85.4 cm³/mol. The van der Waals surface area contributed by atoms with E-state index < -0.39 is 0 Å². The van der Waals surface area contributed by atoms with Crippen molar-refractivity contribution in [3.8, 4) is 0 Å². The fourth-order valence-electron chi connectivity index (χ4n) is 2.79. The molecule has 2 rings (SSSR count). The second kappa shape index (κ2) is 6.92. The number of halogens is 1. The summed E-state index contributed by atoms with van der Waals surface area (Å²) in [6.45, 7) is 8.71. The van der Waals surface area contributed by atoms with Gasteiger partial charge in [-0.3, -0.25) is 4.90 Å². The molecule has 0 aromatic heterocycles. The molecule has 1 aromatic carbocycles. The summed E-state index contributed by atoms with van der Waals surface area (Å²) >= 11 is 2.03. The van der Waals surface area contributed by atoms with Gasteiger partial charge in [-0.05, 0) is 18.9 Å². The monoisotopic (exact) mass is 296 g/mol. The third-order valence-electron chi connectivity index (χ3n) is 4.41. The smallest absolute Gasteiger partial charge is 0.127 e. The molecule has 0 aliphatic carbocycles. The standard InChI is InChI=1S/C16H25FN2S/c1-11(10-19-8-9-20-13(3)12(19)2)16(18)14-6-4-5-7-15(14)17/h4-7,11-13,16H,8-10,18H2,1-3H3. The van der Waals surface area contributed by atoms with E-state index in [1.54, 1.807) is 12.1 Å². The quantitative estimate of drug-likeness (QED) is 0.924. The van der Waals surface area contributed by atoms with Crippen LogP contribution in [0.25, 0.3) is 0 Å². The lowest BCUT2D eigenvalue weighted by atomic mass is 9.94. The van der Waals surface area contributed by atoms with Gasteiger partial charge in [0, 0.05) is 41.7 Å². The van der Waals surface area contributed by atoms with Gasteiger partial charge >= 0.3 is 0 Å². The molecule has 2 nitrogen and oxygen atoms in total. The molecule has 1 aliphatic heterocycles. The van der Waals surface area contributed by atoms with Gasteiger partial charge in [0.1, 0.15) is 5.82 Å². The van der Waals surface area contributed by atoms with Gasteiger partial charge in [-0.25, -0.2) is 4.39 Å². The first-order valence-electron chi connectivity index (χ1n) is 7.36. The summed E-state index contributed by atoms with van der Waals surface area (Å²) in [5.41, 5.74) is 6.90. The predicted octanol–water partition coefficient (Wildman–Crippen LogP) is 3.29. The number of nitrogens with two attached hydrogens (primary N) is 1. The van der Waals surface area contributed by atoms with E-state index in [0.717, 1.165) is 13.1 Å². The molecule has 112 valence electrons. The summed E-state index contributed by atoms with van der Waals surface area (Å²) in [5, 5.41) is 0.653. The Balaban J connectivity index is 2.01. The van der Waals surface area contributed by atoms with E-state index in [0.29, 0.717) is 16.9 Å². The van der Waals surface area contributed by atoms with Crippen molar-refractivity contribution in [2.24, 2.45) is 11.7 Å². The highest BCUT2D eigenvalue weighted by atomic mass is 32.2. The van der Waals surface area contributed by atoms with Crippen LogP contribution in [0.5, 0.6) is 0 Å². The molecule has 4 heteroatoms. The van der Waals surface area contributed by atoms with E-state index in [1.807, 2.05) is 17.8 Å². The molecule has 1 heterocycles. The maximum Gasteiger partial charge on any atom is 0.127 e. The van der Waals surface area contributed by atoms with Gasteiger partial charge in [0.2, 0.25) is 0 Å². The average Bonchev–Trinajstić information content (AvgIpc) is 2.43. The van der Waals surface area contributed by atoms with E-state index in [-0.39, 0.29) is 17.8 Å². The summed E-state index contributed by atoms with van der Waals surface area (Å²) in [7, 11) is 0. The molecular formula is C16H25FN2S. The molecule has 0 bridgehead atoms. The molecule has 0 amide bonds. The molecule has 2 N–H and O–H groups in total. The van der Waals surface area contributed by atoms with Gasteiger partial charge < -0.3 is 5.73 Å². The number of nitrogens with zero attached hydrogens (tertiary/aromatic N) is 1. The Morgan fingerprint density at radius 2 is 2.10 bits per heavy atom. The average molecular weight is 296 g/mol. The van der Waals surface area contributed by atoms with Crippen molar-refractivity contribution in [3.63, 3.8) is 0 Å². The highest BCUT2D eigenvalue weighted by Gasteiger charge is 2.28. The van der Waals surface area contributed by atoms with E-state index in [1.165, 1.54) is 11.8 Å². The second-order valence-electron chi connectivity index (χ2n) is 5.84. The Bertz CT molecular complexity index is 440. The number of rotatable bonds is 4. The van der Waals surface area contributed by atoms with Crippen LogP contribution in [-0.4, -0.2) is 35.0 Å². The van der Waals surface area contributed by atoms with Gasteiger partial charge in [0.25, 0.3) is 0 Å². The second-order valence-corrected chi connectivity index (χ2v) is 7.32. The zero-order valence-electron chi connectivity index (χ0n) is 12.6. The van der Waals surface area contributed by atoms with Crippen molar-refractivity contribution >= 4 is 11.8 Å². The fraction of sp³-hybridized carbons (Fsp3) is 0.625. The molecule has 4 unspecified atom stereocenters. The van der Waals surface area contributed by atoms with Gasteiger partial charge in [-0.2, -0.15) is 11.8 Å². The van der Waals surface area contributed by atoms with Crippen molar-refractivity contribution in [1.82, 2.24) is 4.90 Å². The first kappa shape index (κ1) is 15.8. The van der Waals surface area contributed by atoms with Crippen molar-refractivity contribution in [3.05, 3.63) is 35.6 Å².